The van der Waals surface area contributed by atoms with E-state index >= 15 is 0 Å². The first-order valence-corrected chi connectivity index (χ1v) is 17.3. The molecule has 4 N–H and O–H groups in total. The highest BCUT2D eigenvalue weighted by Gasteiger charge is 2.44. The summed E-state index contributed by atoms with van der Waals surface area (Å²) in [5, 5.41) is 17.7. The largest absolute Gasteiger partial charge is 0.497 e. The molecule has 4 rings (SSSR count). The molecule has 0 spiro atoms. The van der Waals surface area contributed by atoms with Crippen LogP contribution in [0.15, 0.2) is 59.5 Å². The highest BCUT2D eigenvalue weighted by atomic mass is 32.2. The molecule has 1 unspecified atom stereocenters. The SMILES string of the molecule is COc1ccc(S(=O)(=O)NC(CC(C)(C)CCNC(=O)N(C)C)[C@H](O)[C@H](Cc2ccccc2)NC(=O)O[C@@H]2CO[C@@H]3OCC[C@@H]32)cc1. The molecule has 2 fully saturated rings. The van der Waals surface area contributed by atoms with Crippen molar-refractivity contribution in [2.75, 3.05) is 41.0 Å². The summed E-state index contributed by atoms with van der Waals surface area (Å²) in [5.41, 5.74) is 0.275. The summed E-state index contributed by atoms with van der Waals surface area (Å²) < 4.78 is 52.2. The molecule has 3 amide bonds. The fourth-order valence-corrected chi connectivity index (χ4v) is 7.15. The number of aliphatic hydroxyl groups excluding tert-OH is 1. The van der Waals surface area contributed by atoms with Gasteiger partial charge in [0.25, 0.3) is 0 Å². The number of rotatable bonds is 15. The molecule has 0 aromatic heterocycles. The standard InChI is InChI=1S/C33H48N4O9S/c1-33(2,16-17-34-31(39)37(3)4)20-27(36-47(41,42)24-13-11-23(43-5)12-14-24)29(38)26(19-22-9-7-6-8-10-22)35-32(40)46-28-21-45-30-25(28)15-18-44-30/h6-14,25-30,36,38H,15-21H2,1-5H3,(H,34,39)(H,35,40)/t25-,26+,27?,28-,29-,30+/m1/s1. The van der Waals surface area contributed by atoms with Crippen molar-refractivity contribution in [1.29, 1.82) is 0 Å². The number of hydrogen-bond acceptors (Lipinski definition) is 9. The summed E-state index contributed by atoms with van der Waals surface area (Å²) >= 11 is 0. The molecule has 2 saturated heterocycles. The number of carbonyl (C=O) groups is 2. The number of nitrogens with one attached hydrogen (secondary N) is 3. The Morgan fingerprint density at radius 1 is 1.06 bits per heavy atom. The minimum Gasteiger partial charge on any atom is -0.497 e. The summed E-state index contributed by atoms with van der Waals surface area (Å²) in [6, 6.07) is 13.0. The molecular formula is C33H48N4O9S. The third-order valence-corrected chi connectivity index (χ3v) is 10.1. The Kier molecular flexibility index (Phi) is 12.5. The second kappa shape index (κ2) is 16.1. The van der Waals surface area contributed by atoms with E-state index in [0.717, 1.165) is 5.56 Å². The van der Waals surface area contributed by atoms with E-state index in [-0.39, 0.29) is 36.3 Å². The first-order chi connectivity index (χ1) is 22.3. The van der Waals surface area contributed by atoms with Crippen LogP contribution in [0.1, 0.15) is 38.7 Å². The fourth-order valence-electron chi connectivity index (χ4n) is 5.89. The first-order valence-electron chi connectivity index (χ1n) is 15.8. The third-order valence-electron chi connectivity index (χ3n) is 8.60. The minimum absolute atomic E-state index is 0.00639. The van der Waals surface area contributed by atoms with E-state index in [0.29, 0.717) is 31.7 Å². The number of amides is 3. The molecular weight excluding hydrogens is 628 g/mol. The maximum Gasteiger partial charge on any atom is 0.407 e. The Balaban J connectivity index is 1.58. The van der Waals surface area contributed by atoms with Crippen molar-refractivity contribution < 1.29 is 42.1 Å². The molecule has 260 valence electrons. The van der Waals surface area contributed by atoms with E-state index in [2.05, 4.69) is 15.4 Å². The number of aliphatic hydroxyl groups is 1. The van der Waals surface area contributed by atoms with Gasteiger partial charge in [-0.25, -0.2) is 22.7 Å². The Labute approximate surface area is 277 Å². The van der Waals surface area contributed by atoms with Gasteiger partial charge >= 0.3 is 12.1 Å². The molecule has 13 nitrogen and oxygen atoms in total. The summed E-state index contributed by atoms with van der Waals surface area (Å²) in [7, 11) is 0.649. The van der Waals surface area contributed by atoms with Gasteiger partial charge in [-0.3, -0.25) is 0 Å². The zero-order valence-corrected chi connectivity index (χ0v) is 28.5. The van der Waals surface area contributed by atoms with Gasteiger partial charge in [0.05, 0.1) is 49.3 Å². The topological polar surface area (TPSA) is 165 Å². The Hall–Kier alpha value is -3.43. The van der Waals surface area contributed by atoms with E-state index in [9.17, 15) is 23.1 Å². The summed E-state index contributed by atoms with van der Waals surface area (Å²) in [6.45, 7) is 4.94. The predicted octanol–water partition coefficient (Wildman–Crippen LogP) is 2.88. The van der Waals surface area contributed by atoms with Gasteiger partial charge < -0.3 is 39.6 Å². The van der Waals surface area contributed by atoms with Gasteiger partial charge in [-0.05, 0) is 60.9 Å². The zero-order chi connectivity index (χ0) is 34.2. The average molecular weight is 677 g/mol. The lowest BCUT2D eigenvalue weighted by molar-refractivity contribution is -0.0907. The van der Waals surface area contributed by atoms with Gasteiger partial charge in [-0.2, -0.15) is 0 Å². The van der Waals surface area contributed by atoms with E-state index in [4.69, 9.17) is 18.9 Å². The van der Waals surface area contributed by atoms with E-state index in [1.165, 1.54) is 24.1 Å². The number of ether oxygens (including phenoxy) is 4. The van der Waals surface area contributed by atoms with E-state index in [1.54, 1.807) is 26.2 Å². The quantitative estimate of drug-likeness (QED) is 0.222. The monoisotopic (exact) mass is 676 g/mol. The zero-order valence-electron chi connectivity index (χ0n) is 27.7. The van der Waals surface area contributed by atoms with Crippen molar-refractivity contribution in [3.63, 3.8) is 0 Å². The van der Waals surface area contributed by atoms with E-state index in [1.807, 2.05) is 44.2 Å². The van der Waals surface area contributed by atoms with Crippen molar-refractivity contribution in [2.45, 2.75) is 75.0 Å². The molecule has 2 aliphatic rings. The van der Waals surface area contributed by atoms with E-state index < -0.39 is 52.1 Å². The van der Waals surface area contributed by atoms with Gasteiger partial charge in [-0.15, -0.1) is 0 Å². The summed E-state index contributed by atoms with van der Waals surface area (Å²) in [6.07, 6.45) is -1.45. The molecule has 47 heavy (non-hydrogen) atoms. The highest BCUT2D eigenvalue weighted by molar-refractivity contribution is 7.89. The van der Waals surface area contributed by atoms with Crippen LogP contribution in [0.5, 0.6) is 5.75 Å². The maximum atomic E-state index is 13.7. The number of carbonyl (C=O) groups excluding carboxylic acids is 2. The molecule has 2 aromatic rings. The molecule has 0 radical (unpaired) electrons. The number of fused-ring (bicyclic) bond motifs is 1. The van der Waals surface area contributed by atoms with Crippen LogP contribution in [0.4, 0.5) is 9.59 Å². The molecule has 14 heteroatoms. The molecule has 2 heterocycles. The lowest BCUT2D eigenvalue weighted by atomic mass is 9.80. The van der Waals surface area contributed by atoms with Crippen LogP contribution in [-0.4, -0.2) is 102 Å². The number of urea groups is 1. The Morgan fingerprint density at radius 3 is 2.43 bits per heavy atom. The van der Waals surface area contributed by atoms with Gasteiger partial charge in [-0.1, -0.05) is 44.2 Å². The second-order valence-electron chi connectivity index (χ2n) is 13.0. The second-order valence-corrected chi connectivity index (χ2v) is 14.8. The third kappa shape index (κ3) is 10.3. The smallest absolute Gasteiger partial charge is 0.407 e. The highest BCUT2D eigenvalue weighted by Crippen LogP contribution is 2.33. The summed E-state index contributed by atoms with van der Waals surface area (Å²) in [4.78, 5) is 26.8. The van der Waals surface area contributed by atoms with Gasteiger partial charge in [0, 0.05) is 20.6 Å². The number of methoxy groups -OCH3 is 1. The lowest BCUT2D eigenvalue weighted by Crippen LogP contribution is -2.56. The average Bonchev–Trinajstić information content (AvgIpc) is 3.65. The van der Waals surface area contributed by atoms with Crippen LogP contribution >= 0.6 is 0 Å². The summed E-state index contributed by atoms with van der Waals surface area (Å²) in [5.74, 6) is 0.423. The van der Waals surface area contributed by atoms with Crippen molar-refractivity contribution >= 4 is 22.1 Å². The number of sulfonamides is 1. The Bertz CT molecular complexity index is 1420. The van der Waals surface area contributed by atoms with Crippen molar-refractivity contribution in [1.82, 2.24) is 20.3 Å². The van der Waals surface area contributed by atoms with Crippen molar-refractivity contribution in [2.24, 2.45) is 11.3 Å². The number of hydrogen-bond donors (Lipinski definition) is 4. The van der Waals surface area contributed by atoms with Gasteiger partial charge in [0.2, 0.25) is 10.0 Å². The predicted molar refractivity (Wildman–Crippen MR) is 174 cm³/mol. The first kappa shape index (κ1) is 36.4. The number of alkyl carbamates (subject to hydrolysis) is 1. The molecule has 2 aliphatic heterocycles. The van der Waals surface area contributed by atoms with Crippen LogP contribution in [0.25, 0.3) is 0 Å². The molecule has 0 bridgehead atoms. The van der Waals surface area contributed by atoms with Crippen LogP contribution in [0, 0.1) is 11.3 Å². The molecule has 0 aliphatic carbocycles. The lowest BCUT2D eigenvalue weighted by Gasteiger charge is -2.36. The molecule has 6 atom stereocenters. The fraction of sp³-hybridized carbons (Fsp3) is 0.576. The van der Waals surface area contributed by atoms with Crippen LogP contribution in [0.2, 0.25) is 0 Å². The maximum absolute atomic E-state index is 13.7. The van der Waals surface area contributed by atoms with Crippen molar-refractivity contribution in [3.05, 3.63) is 60.2 Å². The van der Waals surface area contributed by atoms with Crippen molar-refractivity contribution in [3.8, 4) is 5.75 Å². The van der Waals surface area contributed by atoms with Crippen LogP contribution in [-0.2, 0) is 30.7 Å². The van der Waals surface area contributed by atoms with Gasteiger partial charge in [0.15, 0.2) is 6.29 Å². The Morgan fingerprint density at radius 2 is 1.77 bits per heavy atom. The van der Waals surface area contributed by atoms with Crippen LogP contribution in [0.3, 0.4) is 0 Å². The molecule has 0 saturated carbocycles. The normalized spacial score (nSPS) is 21.3. The number of nitrogens with zero attached hydrogens (tertiary/aromatic N) is 1. The minimum atomic E-state index is -4.13. The number of benzene rings is 2. The van der Waals surface area contributed by atoms with Crippen LogP contribution < -0.4 is 20.1 Å². The molecule has 2 aromatic carbocycles. The van der Waals surface area contributed by atoms with Gasteiger partial charge in [0.1, 0.15) is 11.9 Å².